The fraction of sp³-hybridized carbons (Fsp3) is 0.533. The van der Waals surface area contributed by atoms with Gasteiger partial charge in [-0.1, -0.05) is 12.1 Å². The first-order valence-electron chi connectivity index (χ1n) is 6.59. The molecule has 0 aliphatic heterocycles. The molecule has 2 rings (SSSR count). The van der Waals surface area contributed by atoms with Gasteiger partial charge in [0, 0.05) is 18.9 Å². The monoisotopic (exact) mass is 247 g/mol. The number of nitrogens with two attached hydrogens (primary N) is 1. The summed E-state index contributed by atoms with van der Waals surface area (Å²) in [6.45, 7) is 0. The van der Waals surface area contributed by atoms with Crippen LogP contribution in [0.2, 0.25) is 0 Å². The van der Waals surface area contributed by atoms with E-state index >= 15 is 0 Å². The van der Waals surface area contributed by atoms with Gasteiger partial charge in [0.25, 0.3) is 0 Å². The summed E-state index contributed by atoms with van der Waals surface area (Å²) in [5, 5.41) is 0. The van der Waals surface area contributed by atoms with Gasteiger partial charge in [0.2, 0.25) is 0 Å². The average molecular weight is 247 g/mol. The van der Waals surface area contributed by atoms with Crippen molar-refractivity contribution in [3.63, 3.8) is 0 Å². The Bertz CT molecular complexity index is 395. The minimum absolute atomic E-state index is 0.0911. The number of aryl methyl sites for hydroxylation is 1. The number of methoxy groups -OCH3 is 1. The largest absolute Gasteiger partial charge is 0.497 e. The van der Waals surface area contributed by atoms with E-state index in [1.165, 1.54) is 18.4 Å². The molecule has 1 saturated carbocycles. The Kier molecular flexibility index (Phi) is 4.37. The van der Waals surface area contributed by atoms with Crippen LogP contribution in [0, 0.1) is 5.92 Å². The van der Waals surface area contributed by atoms with Crippen LogP contribution in [0.15, 0.2) is 24.3 Å². The zero-order chi connectivity index (χ0) is 13.0. The van der Waals surface area contributed by atoms with Crippen LogP contribution in [0.4, 0.5) is 0 Å². The van der Waals surface area contributed by atoms with Crippen LogP contribution in [0.5, 0.6) is 5.75 Å². The zero-order valence-corrected chi connectivity index (χ0v) is 10.9. The number of hydrogen-bond donors (Lipinski definition) is 1. The van der Waals surface area contributed by atoms with Crippen molar-refractivity contribution in [2.24, 2.45) is 11.7 Å². The number of ketones is 1. The van der Waals surface area contributed by atoms with Gasteiger partial charge in [0.15, 0.2) is 0 Å². The van der Waals surface area contributed by atoms with E-state index in [1.807, 2.05) is 24.3 Å². The molecule has 0 aromatic heterocycles. The smallest absolute Gasteiger partial charge is 0.134 e. The molecule has 1 aliphatic rings. The van der Waals surface area contributed by atoms with Gasteiger partial charge < -0.3 is 10.5 Å². The Labute approximate surface area is 108 Å². The molecule has 3 heteroatoms. The van der Waals surface area contributed by atoms with E-state index in [0.717, 1.165) is 12.2 Å². The van der Waals surface area contributed by atoms with Crippen molar-refractivity contribution >= 4 is 5.78 Å². The maximum atomic E-state index is 11.8. The molecule has 0 spiro atoms. The van der Waals surface area contributed by atoms with Gasteiger partial charge in [-0.3, -0.25) is 4.79 Å². The third kappa shape index (κ3) is 3.84. The fourth-order valence-electron chi connectivity index (χ4n) is 2.13. The van der Waals surface area contributed by atoms with E-state index < -0.39 is 0 Å². The molecule has 0 saturated heterocycles. The van der Waals surface area contributed by atoms with Crippen molar-refractivity contribution in [2.45, 2.75) is 38.1 Å². The molecule has 2 N–H and O–H groups in total. The molecule has 1 atom stereocenters. The quantitative estimate of drug-likeness (QED) is 0.804. The van der Waals surface area contributed by atoms with Crippen molar-refractivity contribution in [1.82, 2.24) is 0 Å². The average Bonchev–Trinajstić information content (AvgIpc) is 3.21. The second-order valence-corrected chi connectivity index (χ2v) is 5.09. The maximum Gasteiger partial charge on any atom is 0.134 e. The summed E-state index contributed by atoms with van der Waals surface area (Å²) in [4.78, 5) is 11.8. The summed E-state index contributed by atoms with van der Waals surface area (Å²) in [5.41, 5.74) is 7.12. The second kappa shape index (κ2) is 6.01. The fourth-order valence-corrected chi connectivity index (χ4v) is 2.13. The van der Waals surface area contributed by atoms with Crippen molar-refractivity contribution in [3.8, 4) is 5.75 Å². The van der Waals surface area contributed by atoms with Crippen LogP contribution >= 0.6 is 0 Å². The van der Waals surface area contributed by atoms with Crippen LogP contribution < -0.4 is 10.5 Å². The van der Waals surface area contributed by atoms with Gasteiger partial charge in [-0.05, 0) is 42.9 Å². The lowest BCUT2D eigenvalue weighted by Gasteiger charge is -2.09. The van der Waals surface area contributed by atoms with Crippen LogP contribution in [0.3, 0.4) is 0 Å². The predicted molar refractivity (Wildman–Crippen MR) is 71.6 cm³/mol. The molecular formula is C15H21NO2. The molecule has 3 nitrogen and oxygen atoms in total. The van der Waals surface area contributed by atoms with Gasteiger partial charge in [0.1, 0.15) is 11.5 Å². The second-order valence-electron chi connectivity index (χ2n) is 5.09. The molecule has 0 amide bonds. The third-order valence-electron chi connectivity index (χ3n) is 3.54. The SMILES string of the molecule is COc1ccc(CCC(=O)CC(N)C2CC2)cc1. The van der Waals surface area contributed by atoms with Crippen LogP contribution in [-0.4, -0.2) is 18.9 Å². The molecular weight excluding hydrogens is 226 g/mol. The van der Waals surface area contributed by atoms with Crippen LogP contribution in [-0.2, 0) is 11.2 Å². The Morgan fingerprint density at radius 3 is 2.61 bits per heavy atom. The van der Waals surface area contributed by atoms with Gasteiger partial charge >= 0.3 is 0 Å². The highest BCUT2D eigenvalue weighted by atomic mass is 16.5. The number of ether oxygens (including phenoxy) is 1. The predicted octanol–water partition coefficient (Wildman–Crippen LogP) is 2.32. The molecule has 18 heavy (non-hydrogen) atoms. The molecule has 98 valence electrons. The minimum atomic E-state index is 0.0911. The van der Waals surface area contributed by atoms with Gasteiger partial charge in [0.05, 0.1) is 7.11 Å². The highest BCUT2D eigenvalue weighted by molar-refractivity contribution is 5.79. The Hall–Kier alpha value is -1.35. The lowest BCUT2D eigenvalue weighted by molar-refractivity contribution is -0.119. The summed E-state index contributed by atoms with van der Waals surface area (Å²) < 4.78 is 5.10. The lowest BCUT2D eigenvalue weighted by Crippen LogP contribution is -2.26. The van der Waals surface area contributed by atoms with E-state index in [0.29, 0.717) is 18.8 Å². The summed E-state index contributed by atoms with van der Waals surface area (Å²) in [6, 6.07) is 7.96. The third-order valence-corrected chi connectivity index (χ3v) is 3.54. The number of Topliss-reactive ketones (excluding diaryl/α,β-unsaturated/α-hetero) is 1. The first kappa shape index (κ1) is 13.1. The summed E-state index contributed by atoms with van der Waals surface area (Å²) in [5.74, 6) is 1.74. The molecule has 0 radical (unpaired) electrons. The van der Waals surface area contributed by atoms with Gasteiger partial charge in [-0.25, -0.2) is 0 Å². The number of hydrogen-bond acceptors (Lipinski definition) is 3. The normalized spacial score (nSPS) is 16.3. The van der Waals surface area contributed by atoms with Crippen molar-refractivity contribution in [1.29, 1.82) is 0 Å². The number of benzene rings is 1. The van der Waals surface area contributed by atoms with E-state index in [1.54, 1.807) is 7.11 Å². The first-order valence-corrected chi connectivity index (χ1v) is 6.59. The van der Waals surface area contributed by atoms with Crippen molar-refractivity contribution < 1.29 is 9.53 Å². The van der Waals surface area contributed by atoms with E-state index in [4.69, 9.17) is 10.5 Å². The molecule has 1 aliphatic carbocycles. The number of carbonyl (C=O) groups excluding carboxylic acids is 1. The number of carbonyl (C=O) groups is 1. The van der Waals surface area contributed by atoms with Gasteiger partial charge in [-0.15, -0.1) is 0 Å². The molecule has 0 heterocycles. The minimum Gasteiger partial charge on any atom is -0.497 e. The molecule has 1 unspecified atom stereocenters. The van der Waals surface area contributed by atoms with E-state index in [2.05, 4.69) is 0 Å². The van der Waals surface area contributed by atoms with Crippen molar-refractivity contribution in [3.05, 3.63) is 29.8 Å². The Morgan fingerprint density at radius 2 is 2.06 bits per heavy atom. The highest BCUT2D eigenvalue weighted by Crippen LogP contribution is 2.33. The first-order chi connectivity index (χ1) is 8.69. The summed E-state index contributed by atoms with van der Waals surface area (Å²) in [6.07, 6.45) is 4.33. The number of rotatable bonds is 7. The highest BCUT2D eigenvalue weighted by Gasteiger charge is 2.29. The van der Waals surface area contributed by atoms with Crippen LogP contribution in [0.1, 0.15) is 31.2 Å². The van der Waals surface area contributed by atoms with Crippen molar-refractivity contribution in [2.75, 3.05) is 7.11 Å². The standard InChI is InChI=1S/C15H21NO2/c1-18-14-8-3-11(4-9-14)2-7-13(17)10-15(16)12-5-6-12/h3-4,8-9,12,15H,2,5-7,10,16H2,1H3. The molecule has 1 fully saturated rings. The van der Waals surface area contributed by atoms with Crippen LogP contribution in [0.25, 0.3) is 0 Å². The van der Waals surface area contributed by atoms with Gasteiger partial charge in [-0.2, -0.15) is 0 Å². The lowest BCUT2D eigenvalue weighted by atomic mass is 10.0. The topological polar surface area (TPSA) is 52.3 Å². The zero-order valence-electron chi connectivity index (χ0n) is 10.9. The summed E-state index contributed by atoms with van der Waals surface area (Å²) in [7, 11) is 1.65. The van der Waals surface area contributed by atoms with E-state index in [-0.39, 0.29) is 11.8 Å². The maximum absolute atomic E-state index is 11.8. The molecule has 1 aromatic carbocycles. The molecule has 0 bridgehead atoms. The molecule has 1 aromatic rings. The summed E-state index contributed by atoms with van der Waals surface area (Å²) >= 11 is 0. The van der Waals surface area contributed by atoms with E-state index in [9.17, 15) is 4.79 Å². The Morgan fingerprint density at radius 1 is 1.39 bits per heavy atom. The Balaban J connectivity index is 1.74.